The smallest absolute Gasteiger partial charge is 0.337 e. The van der Waals surface area contributed by atoms with Crippen LogP contribution in [0.1, 0.15) is 235 Å². The van der Waals surface area contributed by atoms with Crippen molar-refractivity contribution in [3.63, 3.8) is 0 Å². The molecule has 0 aliphatic heterocycles. The molecule has 2 amide bonds. The summed E-state index contributed by atoms with van der Waals surface area (Å²) >= 11 is 0. The zero-order valence-corrected chi connectivity index (χ0v) is 34.1. The van der Waals surface area contributed by atoms with E-state index in [1.54, 1.807) is 18.2 Å². The second kappa shape index (κ2) is 29.9. The molecule has 0 radical (unpaired) electrons. The molecule has 304 valence electrons. The van der Waals surface area contributed by atoms with Crippen molar-refractivity contribution in [1.29, 1.82) is 0 Å². The molecule has 54 heavy (non-hydrogen) atoms. The Morgan fingerprint density at radius 1 is 0.389 bits per heavy atom. The van der Waals surface area contributed by atoms with Gasteiger partial charge in [-0.3, -0.25) is 9.59 Å². The number of unbranched alkanes of at least 4 members (excludes halogenated alkanes) is 26. The van der Waals surface area contributed by atoms with Gasteiger partial charge in [0.2, 0.25) is 0 Å². The van der Waals surface area contributed by atoms with Gasteiger partial charge in [0, 0.05) is 13.1 Å². The SMILES string of the molecule is CCCCCCCCCCCCCCCCNC(=O)c1c(C(=O)O)c(C(=O)O)c2ccccc2c1C(=O)NCCCCCCCCCCCCCCCC. The summed E-state index contributed by atoms with van der Waals surface area (Å²) in [6, 6.07) is 6.34. The van der Waals surface area contributed by atoms with E-state index in [0.717, 1.165) is 44.9 Å². The molecule has 8 heteroatoms. The fraction of sp³-hybridized carbons (Fsp3) is 0.696. The van der Waals surface area contributed by atoms with Crippen LogP contribution >= 0.6 is 0 Å². The number of hydrogen-bond acceptors (Lipinski definition) is 4. The van der Waals surface area contributed by atoms with E-state index in [0.29, 0.717) is 19.5 Å². The number of benzene rings is 2. The number of rotatable bonds is 34. The van der Waals surface area contributed by atoms with Crippen molar-refractivity contribution in [2.24, 2.45) is 0 Å². The van der Waals surface area contributed by atoms with Crippen LogP contribution in [0.4, 0.5) is 0 Å². The summed E-state index contributed by atoms with van der Waals surface area (Å²) in [5.74, 6) is -4.32. The number of carboxylic acid groups (broad SMARTS) is 2. The van der Waals surface area contributed by atoms with Crippen LogP contribution in [0.3, 0.4) is 0 Å². The molecule has 0 aromatic heterocycles. The number of amides is 2. The Kier molecular flexibility index (Phi) is 25.9. The monoisotopic (exact) mass is 751 g/mol. The standard InChI is InChI=1S/C46H74N2O6/c1-3-5-7-9-11-13-15-17-19-21-23-25-27-31-35-47-43(49)39-37-33-29-30-34-38(37)40(45(51)52)42(46(53)54)41(39)44(50)48-36-32-28-26-24-22-20-18-16-14-12-10-8-6-4-2/h29-30,33-34H,3-28,31-32,35-36H2,1-2H3,(H,47,49)(H,48,50)(H,51,52)(H,53,54). The van der Waals surface area contributed by atoms with Gasteiger partial charge in [-0.25, -0.2) is 9.59 Å². The Balaban J connectivity index is 1.89. The summed E-state index contributed by atoms with van der Waals surface area (Å²) in [6.07, 6.45) is 34.1. The molecular formula is C46H74N2O6. The Morgan fingerprint density at radius 2 is 0.667 bits per heavy atom. The molecule has 4 N–H and O–H groups in total. The van der Waals surface area contributed by atoms with Crippen LogP contribution in [0.15, 0.2) is 24.3 Å². The maximum absolute atomic E-state index is 13.8. The minimum atomic E-state index is -1.55. The van der Waals surface area contributed by atoms with Gasteiger partial charge in [-0.1, -0.05) is 205 Å². The van der Waals surface area contributed by atoms with Crippen molar-refractivity contribution in [3.05, 3.63) is 46.5 Å². The Hall–Kier alpha value is -3.42. The van der Waals surface area contributed by atoms with Crippen molar-refractivity contribution < 1.29 is 29.4 Å². The number of carboxylic acids is 2. The molecule has 2 rings (SSSR count). The van der Waals surface area contributed by atoms with Crippen molar-refractivity contribution >= 4 is 34.5 Å². The van der Waals surface area contributed by atoms with Gasteiger partial charge in [0.05, 0.1) is 22.3 Å². The Morgan fingerprint density at radius 3 is 0.981 bits per heavy atom. The molecule has 0 spiro atoms. The van der Waals surface area contributed by atoms with Gasteiger partial charge in [-0.05, 0) is 23.6 Å². The molecule has 0 saturated heterocycles. The van der Waals surface area contributed by atoms with Crippen molar-refractivity contribution in [1.82, 2.24) is 10.6 Å². The van der Waals surface area contributed by atoms with Crippen molar-refractivity contribution in [2.45, 2.75) is 194 Å². The highest BCUT2D eigenvalue weighted by Gasteiger charge is 2.33. The van der Waals surface area contributed by atoms with Gasteiger partial charge in [0.25, 0.3) is 11.8 Å². The van der Waals surface area contributed by atoms with Gasteiger partial charge >= 0.3 is 11.9 Å². The van der Waals surface area contributed by atoms with Crippen molar-refractivity contribution in [2.75, 3.05) is 13.1 Å². The van der Waals surface area contributed by atoms with E-state index in [1.807, 2.05) is 0 Å². The lowest BCUT2D eigenvalue weighted by Crippen LogP contribution is -2.33. The topological polar surface area (TPSA) is 133 Å². The van der Waals surface area contributed by atoms with E-state index in [1.165, 1.54) is 134 Å². The zero-order valence-electron chi connectivity index (χ0n) is 34.1. The third-order valence-corrected chi connectivity index (χ3v) is 10.7. The number of carbonyl (C=O) groups excluding carboxylic acids is 2. The largest absolute Gasteiger partial charge is 0.478 e. The molecule has 0 atom stereocenters. The minimum Gasteiger partial charge on any atom is -0.478 e. The second-order valence-electron chi connectivity index (χ2n) is 15.4. The molecule has 0 aliphatic rings. The van der Waals surface area contributed by atoms with Crippen LogP contribution < -0.4 is 10.6 Å². The lowest BCUT2D eigenvalue weighted by molar-refractivity contribution is 0.0650. The average molecular weight is 751 g/mol. The second-order valence-corrected chi connectivity index (χ2v) is 15.4. The molecule has 0 aliphatic carbocycles. The van der Waals surface area contributed by atoms with E-state index in [2.05, 4.69) is 24.5 Å². The molecule has 2 aromatic rings. The lowest BCUT2D eigenvalue weighted by Gasteiger charge is -2.18. The number of fused-ring (bicyclic) bond motifs is 1. The number of nitrogens with one attached hydrogen (secondary N) is 2. The van der Waals surface area contributed by atoms with E-state index in [4.69, 9.17) is 0 Å². The first kappa shape index (κ1) is 46.7. The third-order valence-electron chi connectivity index (χ3n) is 10.7. The number of hydrogen-bond donors (Lipinski definition) is 4. The van der Waals surface area contributed by atoms with Gasteiger partial charge in [0.1, 0.15) is 0 Å². The maximum atomic E-state index is 13.8. The maximum Gasteiger partial charge on any atom is 0.337 e. The summed E-state index contributed by atoms with van der Waals surface area (Å²) in [7, 11) is 0. The van der Waals surface area contributed by atoms with E-state index < -0.39 is 34.9 Å². The van der Waals surface area contributed by atoms with Gasteiger partial charge in [-0.15, -0.1) is 0 Å². The van der Waals surface area contributed by atoms with Gasteiger partial charge < -0.3 is 20.8 Å². The van der Waals surface area contributed by atoms with Crippen LogP contribution in [0.25, 0.3) is 10.8 Å². The van der Waals surface area contributed by atoms with E-state index in [9.17, 15) is 29.4 Å². The molecule has 0 fully saturated rings. The van der Waals surface area contributed by atoms with Gasteiger partial charge in [-0.2, -0.15) is 0 Å². The van der Waals surface area contributed by atoms with E-state index >= 15 is 0 Å². The van der Waals surface area contributed by atoms with Crippen LogP contribution in [0, 0.1) is 0 Å². The minimum absolute atomic E-state index is 0.0863. The highest BCUT2D eigenvalue weighted by molar-refractivity contribution is 6.25. The normalized spacial score (nSPS) is 11.2. The summed E-state index contributed by atoms with van der Waals surface area (Å²) < 4.78 is 0. The number of carbonyl (C=O) groups is 4. The summed E-state index contributed by atoms with van der Waals surface area (Å²) in [5.41, 5.74) is -1.61. The van der Waals surface area contributed by atoms with Crippen molar-refractivity contribution in [3.8, 4) is 0 Å². The Bertz CT molecular complexity index is 1370. The van der Waals surface area contributed by atoms with Crippen LogP contribution in [0.2, 0.25) is 0 Å². The summed E-state index contributed by atoms with van der Waals surface area (Å²) in [4.78, 5) is 52.5. The molecule has 0 bridgehead atoms. The molecule has 8 nitrogen and oxygen atoms in total. The highest BCUT2D eigenvalue weighted by Crippen LogP contribution is 2.32. The van der Waals surface area contributed by atoms with Crippen LogP contribution in [-0.2, 0) is 0 Å². The first-order valence-corrected chi connectivity index (χ1v) is 22.0. The molecule has 0 saturated carbocycles. The molecular weight excluding hydrogens is 677 g/mol. The third kappa shape index (κ3) is 18.3. The zero-order chi connectivity index (χ0) is 39.2. The molecule has 0 unspecified atom stereocenters. The lowest BCUT2D eigenvalue weighted by atomic mass is 9.87. The van der Waals surface area contributed by atoms with Crippen LogP contribution in [-0.4, -0.2) is 47.1 Å². The number of aromatic carboxylic acids is 2. The van der Waals surface area contributed by atoms with E-state index in [-0.39, 0.29) is 21.9 Å². The summed E-state index contributed by atoms with van der Waals surface area (Å²) in [5, 5.41) is 26.5. The fourth-order valence-electron chi connectivity index (χ4n) is 7.56. The first-order valence-electron chi connectivity index (χ1n) is 22.0. The predicted octanol–water partition coefficient (Wildman–Crippen LogP) is 12.7. The summed E-state index contributed by atoms with van der Waals surface area (Å²) in [6.45, 7) is 5.19. The first-order chi connectivity index (χ1) is 26.3. The highest BCUT2D eigenvalue weighted by atomic mass is 16.4. The van der Waals surface area contributed by atoms with Crippen LogP contribution in [0.5, 0.6) is 0 Å². The Labute approximate surface area is 327 Å². The quantitative estimate of drug-likeness (QED) is 0.0526. The predicted molar refractivity (Wildman–Crippen MR) is 223 cm³/mol. The molecule has 0 heterocycles. The fourth-order valence-corrected chi connectivity index (χ4v) is 7.56. The van der Waals surface area contributed by atoms with Gasteiger partial charge in [0.15, 0.2) is 0 Å². The average Bonchev–Trinajstić information content (AvgIpc) is 3.16. The molecule has 2 aromatic carbocycles.